The van der Waals surface area contributed by atoms with Crippen molar-refractivity contribution in [2.75, 3.05) is 19.0 Å². The molecule has 0 saturated heterocycles. The average molecular weight is 244 g/mol. The van der Waals surface area contributed by atoms with Crippen molar-refractivity contribution in [1.29, 1.82) is 0 Å². The van der Waals surface area contributed by atoms with Gasteiger partial charge in [-0.15, -0.1) is 10.2 Å². The minimum absolute atomic E-state index is 0.335. The second-order valence-corrected chi connectivity index (χ2v) is 6.44. The highest BCUT2D eigenvalue weighted by molar-refractivity contribution is 8.01. The van der Waals surface area contributed by atoms with Crippen LogP contribution in [-0.2, 0) is 0 Å². The first-order valence-electron chi connectivity index (χ1n) is 5.10. The molecule has 0 bridgehead atoms. The van der Waals surface area contributed by atoms with Crippen molar-refractivity contribution in [3.63, 3.8) is 0 Å². The Morgan fingerprint density at radius 3 is 2.73 bits per heavy atom. The molecule has 2 rings (SSSR count). The number of rotatable bonds is 3. The summed E-state index contributed by atoms with van der Waals surface area (Å²) in [4.78, 5) is 1.98. The highest BCUT2D eigenvalue weighted by Crippen LogP contribution is 2.36. The summed E-state index contributed by atoms with van der Waals surface area (Å²) in [5, 5.41) is 9.78. The standard InChI is InChI=1S/C9H16N4S2/c1-13(2)8-11-12-9(15-8)14-7-5-3-4-6(7)10/h6-7H,3-5,10H2,1-2H3. The lowest BCUT2D eigenvalue weighted by molar-refractivity contribution is 0.715. The molecule has 1 aromatic rings. The lowest BCUT2D eigenvalue weighted by Crippen LogP contribution is -2.26. The number of thioether (sulfide) groups is 1. The summed E-state index contributed by atoms with van der Waals surface area (Å²) in [5.41, 5.74) is 6.02. The maximum absolute atomic E-state index is 6.02. The van der Waals surface area contributed by atoms with Crippen LogP contribution in [0.15, 0.2) is 4.34 Å². The third-order valence-electron chi connectivity index (χ3n) is 2.53. The van der Waals surface area contributed by atoms with Crippen LogP contribution >= 0.6 is 23.1 Å². The van der Waals surface area contributed by atoms with Crippen molar-refractivity contribution in [3.05, 3.63) is 0 Å². The van der Waals surface area contributed by atoms with Crippen LogP contribution in [0.1, 0.15) is 19.3 Å². The molecule has 1 heterocycles. The van der Waals surface area contributed by atoms with Gasteiger partial charge in [0.1, 0.15) is 0 Å². The molecule has 0 radical (unpaired) electrons. The zero-order valence-electron chi connectivity index (χ0n) is 9.01. The van der Waals surface area contributed by atoms with E-state index in [4.69, 9.17) is 5.73 Å². The second-order valence-electron chi connectivity index (χ2n) is 4.00. The summed E-state index contributed by atoms with van der Waals surface area (Å²) < 4.78 is 1.04. The van der Waals surface area contributed by atoms with Gasteiger partial charge in [-0.25, -0.2) is 0 Å². The zero-order valence-corrected chi connectivity index (χ0v) is 10.6. The first-order valence-corrected chi connectivity index (χ1v) is 6.79. The molecule has 0 amide bonds. The summed E-state index contributed by atoms with van der Waals surface area (Å²) in [6.07, 6.45) is 3.61. The van der Waals surface area contributed by atoms with Crippen LogP contribution in [0, 0.1) is 0 Å². The van der Waals surface area contributed by atoms with Gasteiger partial charge in [-0.05, 0) is 12.8 Å². The van der Waals surface area contributed by atoms with E-state index in [9.17, 15) is 0 Å². The molecule has 2 N–H and O–H groups in total. The molecule has 1 aliphatic carbocycles. The van der Waals surface area contributed by atoms with Gasteiger partial charge >= 0.3 is 0 Å². The number of aromatic nitrogens is 2. The Kier molecular flexibility index (Phi) is 3.48. The molecular formula is C9H16N4S2. The molecule has 6 heteroatoms. The predicted molar refractivity (Wildman–Crippen MR) is 65.7 cm³/mol. The lowest BCUT2D eigenvalue weighted by atomic mass is 10.3. The van der Waals surface area contributed by atoms with Gasteiger partial charge in [0.15, 0.2) is 4.34 Å². The number of hydrogen-bond donors (Lipinski definition) is 1. The van der Waals surface area contributed by atoms with E-state index in [-0.39, 0.29) is 0 Å². The van der Waals surface area contributed by atoms with Gasteiger partial charge in [-0.1, -0.05) is 29.5 Å². The maximum atomic E-state index is 6.02. The predicted octanol–water partition coefficient (Wildman–Crippen LogP) is 1.58. The van der Waals surface area contributed by atoms with Crippen molar-refractivity contribution < 1.29 is 0 Å². The van der Waals surface area contributed by atoms with E-state index >= 15 is 0 Å². The van der Waals surface area contributed by atoms with E-state index in [0.29, 0.717) is 11.3 Å². The average Bonchev–Trinajstić information content (AvgIpc) is 2.77. The highest BCUT2D eigenvalue weighted by atomic mass is 32.2. The van der Waals surface area contributed by atoms with Gasteiger partial charge in [0.05, 0.1) is 0 Å². The topological polar surface area (TPSA) is 55.0 Å². The van der Waals surface area contributed by atoms with E-state index in [2.05, 4.69) is 10.2 Å². The van der Waals surface area contributed by atoms with Gasteiger partial charge in [-0.2, -0.15) is 0 Å². The molecule has 2 atom stereocenters. The lowest BCUT2D eigenvalue weighted by Gasteiger charge is -2.11. The summed E-state index contributed by atoms with van der Waals surface area (Å²) in [6.45, 7) is 0. The maximum Gasteiger partial charge on any atom is 0.208 e. The summed E-state index contributed by atoms with van der Waals surface area (Å²) in [5.74, 6) is 0. The molecule has 1 saturated carbocycles. The summed E-state index contributed by atoms with van der Waals surface area (Å²) in [7, 11) is 3.96. The van der Waals surface area contributed by atoms with Gasteiger partial charge < -0.3 is 10.6 Å². The van der Waals surface area contributed by atoms with E-state index in [1.807, 2.05) is 19.0 Å². The smallest absolute Gasteiger partial charge is 0.208 e. The molecule has 1 fully saturated rings. The third-order valence-corrected chi connectivity index (χ3v) is 5.13. The van der Waals surface area contributed by atoms with Crippen LogP contribution in [0.4, 0.5) is 5.13 Å². The van der Waals surface area contributed by atoms with E-state index < -0.39 is 0 Å². The van der Waals surface area contributed by atoms with Crippen LogP contribution in [0.3, 0.4) is 0 Å². The number of nitrogens with zero attached hydrogens (tertiary/aromatic N) is 3. The molecular weight excluding hydrogens is 228 g/mol. The quantitative estimate of drug-likeness (QED) is 0.875. The molecule has 0 aromatic carbocycles. The Balaban J connectivity index is 1.98. The molecule has 1 aliphatic rings. The molecule has 15 heavy (non-hydrogen) atoms. The van der Waals surface area contributed by atoms with E-state index in [0.717, 1.165) is 15.9 Å². The highest BCUT2D eigenvalue weighted by Gasteiger charge is 2.26. The molecule has 0 aliphatic heterocycles. The van der Waals surface area contributed by atoms with Crippen molar-refractivity contribution in [1.82, 2.24) is 10.2 Å². The number of hydrogen-bond acceptors (Lipinski definition) is 6. The fourth-order valence-electron chi connectivity index (χ4n) is 1.66. The van der Waals surface area contributed by atoms with Crippen LogP contribution in [0.2, 0.25) is 0 Å². The Labute approximate surface area is 98.3 Å². The van der Waals surface area contributed by atoms with Gasteiger partial charge in [0, 0.05) is 25.4 Å². The monoisotopic (exact) mass is 244 g/mol. The Morgan fingerprint density at radius 1 is 1.40 bits per heavy atom. The van der Waals surface area contributed by atoms with Crippen molar-refractivity contribution in [3.8, 4) is 0 Å². The number of nitrogens with two attached hydrogens (primary N) is 1. The largest absolute Gasteiger partial charge is 0.353 e. The van der Waals surface area contributed by atoms with Gasteiger partial charge in [0.2, 0.25) is 5.13 Å². The minimum Gasteiger partial charge on any atom is -0.353 e. The Morgan fingerprint density at radius 2 is 2.20 bits per heavy atom. The first kappa shape index (κ1) is 11.2. The van der Waals surface area contributed by atoms with E-state index in [1.165, 1.54) is 12.8 Å². The fourth-order valence-corrected chi connectivity index (χ4v) is 3.89. The number of anilines is 1. The Bertz CT molecular complexity index is 326. The van der Waals surface area contributed by atoms with Crippen LogP contribution in [0.5, 0.6) is 0 Å². The first-order chi connectivity index (χ1) is 7.16. The minimum atomic E-state index is 0.335. The zero-order chi connectivity index (χ0) is 10.8. The Hall–Kier alpha value is -0.330. The normalized spacial score (nSPS) is 25.8. The van der Waals surface area contributed by atoms with Gasteiger partial charge in [-0.3, -0.25) is 0 Å². The van der Waals surface area contributed by atoms with Crippen LogP contribution in [0.25, 0.3) is 0 Å². The third kappa shape index (κ3) is 2.62. The molecule has 1 aromatic heterocycles. The van der Waals surface area contributed by atoms with Gasteiger partial charge in [0.25, 0.3) is 0 Å². The van der Waals surface area contributed by atoms with E-state index in [1.54, 1.807) is 23.1 Å². The SMILES string of the molecule is CN(C)c1nnc(SC2CCCC2N)s1. The van der Waals surface area contributed by atoms with Crippen molar-refractivity contribution >= 4 is 28.2 Å². The van der Waals surface area contributed by atoms with Crippen LogP contribution in [-0.4, -0.2) is 35.6 Å². The van der Waals surface area contributed by atoms with Crippen LogP contribution < -0.4 is 10.6 Å². The summed E-state index contributed by atoms with van der Waals surface area (Å²) >= 11 is 3.43. The summed E-state index contributed by atoms with van der Waals surface area (Å²) in [6, 6.07) is 0.335. The molecule has 4 nitrogen and oxygen atoms in total. The van der Waals surface area contributed by atoms with Crippen molar-refractivity contribution in [2.45, 2.75) is 34.9 Å². The second kappa shape index (κ2) is 4.67. The molecule has 2 unspecified atom stereocenters. The van der Waals surface area contributed by atoms with Crippen molar-refractivity contribution in [2.24, 2.45) is 5.73 Å². The molecule has 84 valence electrons. The molecule has 0 spiro atoms. The fraction of sp³-hybridized carbons (Fsp3) is 0.778.